The highest BCUT2D eigenvalue weighted by Gasteiger charge is 1.92. The first-order chi connectivity index (χ1) is 7.86. The summed E-state index contributed by atoms with van der Waals surface area (Å²) in [7, 11) is 0. The van der Waals surface area contributed by atoms with E-state index in [1.54, 1.807) is 0 Å². The molecule has 1 N–H and O–H groups in total. The van der Waals surface area contributed by atoms with Gasteiger partial charge in [-0.05, 0) is 24.4 Å². The Bertz CT molecular complexity index is 314. The number of aryl methyl sites for hydroxylation is 1. The van der Waals surface area contributed by atoms with E-state index in [0.717, 1.165) is 0 Å². The van der Waals surface area contributed by atoms with Gasteiger partial charge in [0, 0.05) is 11.2 Å². The summed E-state index contributed by atoms with van der Waals surface area (Å²) in [5, 5.41) is 1.29. The molecule has 0 aliphatic heterocycles. The molecular formula is C15H27N. The maximum atomic E-state index is 3.26. The first-order valence-electron chi connectivity index (χ1n) is 6.40. The summed E-state index contributed by atoms with van der Waals surface area (Å²) < 4.78 is 0. The maximum Gasteiger partial charge on any atom is 0.0455 e. The molecule has 1 heteroatoms. The van der Waals surface area contributed by atoms with E-state index in [1.807, 2.05) is 47.6 Å². The van der Waals surface area contributed by atoms with Crippen LogP contribution in [0.1, 0.15) is 47.2 Å². The molecule has 1 nitrogen and oxygen atoms in total. The van der Waals surface area contributed by atoms with Gasteiger partial charge in [0.15, 0.2) is 0 Å². The normalized spacial score (nSPS) is 7.69. The number of para-hydroxylation sites is 1. The van der Waals surface area contributed by atoms with Crippen LogP contribution in [-0.4, -0.2) is 4.98 Å². The fraction of sp³-hybridized carbons (Fsp3) is 0.467. The van der Waals surface area contributed by atoms with E-state index in [-0.39, 0.29) is 0 Å². The number of hydrogen-bond donors (Lipinski definition) is 1. The van der Waals surface area contributed by atoms with Gasteiger partial charge in [0.2, 0.25) is 0 Å². The van der Waals surface area contributed by atoms with Crippen molar-refractivity contribution in [2.75, 3.05) is 0 Å². The molecule has 0 unspecified atom stereocenters. The summed E-state index contributed by atoms with van der Waals surface area (Å²) in [5.41, 5.74) is 2.45. The fourth-order valence-electron chi connectivity index (χ4n) is 1.22. The van der Waals surface area contributed by atoms with E-state index in [9.17, 15) is 0 Å². The second kappa shape index (κ2) is 11.8. The van der Waals surface area contributed by atoms with Crippen LogP contribution in [0, 0.1) is 6.92 Å². The van der Waals surface area contributed by atoms with Gasteiger partial charge in [0.1, 0.15) is 0 Å². The molecule has 1 aromatic heterocycles. The first-order valence-corrected chi connectivity index (χ1v) is 6.40. The van der Waals surface area contributed by atoms with E-state index < -0.39 is 0 Å². The van der Waals surface area contributed by atoms with Crippen molar-refractivity contribution in [3.05, 3.63) is 36.0 Å². The summed E-state index contributed by atoms with van der Waals surface area (Å²) in [6.07, 6.45) is 0. The van der Waals surface area contributed by atoms with Crippen LogP contribution in [-0.2, 0) is 0 Å². The Morgan fingerprint density at radius 3 is 1.81 bits per heavy atom. The second-order valence-electron chi connectivity index (χ2n) is 2.54. The Balaban J connectivity index is 0. The molecule has 0 saturated carbocycles. The Morgan fingerprint density at radius 1 is 0.812 bits per heavy atom. The smallest absolute Gasteiger partial charge is 0.0455 e. The van der Waals surface area contributed by atoms with E-state index >= 15 is 0 Å². The number of H-pyrrole nitrogens is 1. The Morgan fingerprint density at radius 2 is 1.31 bits per heavy atom. The lowest BCUT2D eigenvalue weighted by atomic mass is 10.2. The van der Waals surface area contributed by atoms with Gasteiger partial charge in [-0.1, -0.05) is 59.7 Å². The number of benzene rings is 1. The molecule has 2 rings (SSSR count). The van der Waals surface area contributed by atoms with E-state index in [2.05, 4.69) is 36.2 Å². The predicted octanol–water partition coefficient (Wildman–Crippen LogP) is 5.55. The minimum Gasteiger partial charge on any atom is -0.359 e. The highest BCUT2D eigenvalue weighted by atomic mass is 14.7. The predicted molar refractivity (Wildman–Crippen MR) is 77.1 cm³/mol. The molecule has 0 spiro atoms. The Kier molecular flexibility index (Phi) is 12.7. The SMILES string of the molecule is CC.CC.CC.Cc1cc2ccccc2[nH]1. The lowest BCUT2D eigenvalue weighted by molar-refractivity contribution is 1.30. The van der Waals surface area contributed by atoms with Gasteiger partial charge < -0.3 is 4.98 Å². The molecule has 0 radical (unpaired) electrons. The van der Waals surface area contributed by atoms with Crippen LogP contribution >= 0.6 is 0 Å². The summed E-state index contributed by atoms with van der Waals surface area (Å²) in [6.45, 7) is 14.1. The highest BCUT2D eigenvalue weighted by molar-refractivity contribution is 5.79. The quantitative estimate of drug-likeness (QED) is 0.600. The van der Waals surface area contributed by atoms with Crippen LogP contribution < -0.4 is 0 Å². The van der Waals surface area contributed by atoms with Crippen molar-refractivity contribution in [3.8, 4) is 0 Å². The zero-order chi connectivity index (χ0) is 13.0. The minimum atomic E-state index is 1.22. The van der Waals surface area contributed by atoms with E-state index in [1.165, 1.54) is 16.6 Å². The average Bonchev–Trinajstić information content (AvgIpc) is 2.76. The minimum absolute atomic E-state index is 1.22. The topological polar surface area (TPSA) is 15.8 Å². The van der Waals surface area contributed by atoms with Crippen LogP contribution in [0.2, 0.25) is 0 Å². The second-order valence-corrected chi connectivity index (χ2v) is 2.54. The molecule has 92 valence electrons. The van der Waals surface area contributed by atoms with Crippen molar-refractivity contribution in [1.29, 1.82) is 0 Å². The van der Waals surface area contributed by atoms with Crippen LogP contribution in [0.25, 0.3) is 10.9 Å². The van der Waals surface area contributed by atoms with Gasteiger partial charge in [-0.3, -0.25) is 0 Å². The fourth-order valence-corrected chi connectivity index (χ4v) is 1.22. The molecule has 0 bridgehead atoms. The lowest BCUT2D eigenvalue weighted by Crippen LogP contribution is -1.65. The zero-order valence-electron chi connectivity index (χ0n) is 11.9. The maximum absolute atomic E-state index is 3.26. The first kappa shape index (κ1) is 17.2. The van der Waals surface area contributed by atoms with Gasteiger partial charge in [0.25, 0.3) is 0 Å². The van der Waals surface area contributed by atoms with Crippen molar-refractivity contribution in [3.63, 3.8) is 0 Å². The molecule has 2 aromatic rings. The average molecular weight is 221 g/mol. The summed E-state index contributed by atoms with van der Waals surface area (Å²) in [6, 6.07) is 10.4. The van der Waals surface area contributed by atoms with Crippen LogP contribution in [0.3, 0.4) is 0 Å². The molecule has 1 aromatic carbocycles. The Labute approximate surface area is 101 Å². The van der Waals surface area contributed by atoms with Gasteiger partial charge in [-0.15, -0.1) is 0 Å². The molecule has 1 heterocycles. The van der Waals surface area contributed by atoms with Crippen LogP contribution in [0.4, 0.5) is 0 Å². The van der Waals surface area contributed by atoms with Gasteiger partial charge in [-0.2, -0.15) is 0 Å². The van der Waals surface area contributed by atoms with Gasteiger partial charge >= 0.3 is 0 Å². The van der Waals surface area contributed by atoms with Gasteiger partial charge in [0.05, 0.1) is 0 Å². The largest absolute Gasteiger partial charge is 0.359 e. The molecule has 0 saturated heterocycles. The van der Waals surface area contributed by atoms with Crippen molar-refractivity contribution in [1.82, 2.24) is 4.98 Å². The van der Waals surface area contributed by atoms with Crippen molar-refractivity contribution >= 4 is 10.9 Å². The molecule has 0 fully saturated rings. The zero-order valence-corrected chi connectivity index (χ0v) is 11.9. The molecular weight excluding hydrogens is 194 g/mol. The highest BCUT2D eigenvalue weighted by Crippen LogP contribution is 2.12. The summed E-state index contributed by atoms with van der Waals surface area (Å²) in [4.78, 5) is 3.26. The molecule has 0 aliphatic rings. The van der Waals surface area contributed by atoms with Gasteiger partial charge in [-0.25, -0.2) is 0 Å². The third-order valence-corrected chi connectivity index (χ3v) is 1.66. The number of aromatic nitrogens is 1. The third kappa shape index (κ3) is 5.59. The van der Waals surface area contributed by atoms with E-state index in [0.29, 0.717) is 0 Å². The Hall–Kier alpha value is -1.24. The van der Waals surface area contributed by atoms with Crippen LogP contribution in [0.15, 0.2) is 30.3 Å². The van der Waals surface area contributed by atoms with Crippen molar-refractivity contribution in [2.45, 2.75) is 48.5 Å². The number of rotatable bonds is 0. The monoisotopic (exact) mass is 221 g/mol. The van der Waals surface area contributed by atoms with Crippen molar-refractivity contribution in [2.24, 2.45) is 0 Å². The lowest BCUT2D eigenvalue weighted by Gasteiger charge is -1.83. The molecule has 0 amide bonds. The molecule has 0 atom stereocenters. The van der Waals surface area contributed by atoms with E-state index in [4.69, 9.17) is 0 Å². The third-order valence-electron chi connectivity index (χ3n) is 1.66. The number of hydrogen-bond acceptors (Lipinski definition) is 0. The number of nitrogens with one attached hydrogen (secondary N) is 1. The number of aromatic amines is 1. The van der Waals surface area contributed by atoms with Crippen LogP contribution in [0.5, 0.6) is 0 Å². The summed E-state index contributed by atoms with van der Waals surface area (Å²) in [5.74, 6) is 0. The van der Waals surface area contributed by atoms with Crippen molar-refractivity contribution < 1.29 is 0 Å². The summed E-state index contributed by atoms with van der Waals surface area (Å²) >= 11 is 0. The molecule has 16 heavy (non-hydrogen) atoms. The standard InChI is InChI=1S/C9H9N.3C2H6/c1-7-6-8-4-2-3-5-9(8)10-7;3*1-2/h2-6,10H,1H3;3*1-2H3. The number of fused-ring (bicyclic) bond motifs is 1. The molecule has 0 aliphatic carbocycles.